The number of aromatic amines is 1. The van der Waals surface area contributed by atoms with Crippen LogP contribution in [0.3, 0.4) is 0 Å². The number of aromatic nitrogens is 3. The van der Waals surface area contributed by atoms with E-state index in [4.69, 9.17) is 0 Å². The van der Waals surface area contributed by atoms with Crippen LogP contribution in [0.15, 0.2) is 35.4 Å². The van der Waals surface area contributed by atoms with Crippen LogP contribution in [0, 0.1) is 0 Å². The van der Waals surface area contributed by atoms with Crippen molar-refractivity contribution in [2.45, 2.75) is 0 Å². The van der Waals surface area contributed by atoms with Crippen LogP contribution < -0.4 is 20.1 Å². The fourth-order valence-corrected chi connectivity index (χ4v) is 1.42. The van der Waals surface area contributed by atoms with Crippen LogP contribution in [-0.4, -0.2) is 24.1 Å². The van der Waals surface area contributed by atoms with Gasteiger partial charge in [0.05, 0.1) is 18.5 Å². The molecule has 0 aliphatic rings. The van der Waals surface area contributed by atoms with Gasteiger partial charge in [-0.05, 0) is 4.98 Å². The Hall–Kier alpha value is -2.37. The maximum absolute atomic E-state index is 11.1. The van der Waals surface area contributed by atoms with Gasteiger partial charge in [-0.3, -0.25) is 9.78 Å². The molecule has 0 saturated heterocycles. The van der Waals surface area contributed by atoms with Crippen LogP contribution in [0.4, 0.5) is 5.69 Å². The summed E-state index contributed by atoms with van der Waals surface area (Å²) in [5, 5.41) is 11.1. The van der Waals surface area contributed by atoms with Crippen molar-refractivity contribution in [3.05, 3.63) is 40.9 Å². The molecule has 0 unspecified atom stereocenters. The molecule has 6 heteroatoms. The fraction of sp³-hybridized carbons (Fsp3) is 0.182. The van der Waals surface area contributed by atoms with Gasteiger partial charge in [0.25, 0.3) is 5.56 Å². The van der Waals surface area contributed by atoms with E-state index in [1.165, 1.54) is 6.07 Å². The van der Waals surface area contributed by atoms with Crippen molar-refractivity contribution in [1.29, 1.82) is 0 Å². The lowest BCUT2D eigenvalue weighted by molar-refractivity contribution is -0.600. The van der Waals surface area contributed by atoms with Crippen molar-refractivity contribution in [3.63, 3.8) is 0 Å². The molecule has 88 valence electrons. The zero-order valence-corrected chi connectivity index (χ0v) is 9.54. The van der Waals surface area contributed by atoms with E-state index in [0.717, 1.165) is 5.69 Å². The van der Waals surface area contributed by atoms with Crippen molar-refractivity contribution >= 4 is 5.69 Å². The molecule has 2 heterocycles. The topological polar surface area (TPSA) is 75.9 Å². The molecule has 2 rings (SSSR count). The first-order valence-corrected chi connectivity index (χ1v) is 5.03. The van der Waals surface area contributed by atoms with Crippen LogP contribution in [0.2, 0.25) is 0 Å². The van der Waals surface area contributed by atoms with E-state index in [-0.39, 0.29) is 0 Å². The van der Waals surface area contributed by atoms with Crippen LogP contribution in [0.5, 0.6) is 6.01 Å². The highest BCUT2D eigenvalue weighted by molar-refractivity contribution is 5.41. The summed E-state index contributed by atoms with van der Waals surface area (Å²) in [7, 11) is 3.86. The molecule has 0 aliphatic heterocycles. The first-order chi connectivity index (χ1) is 8.06. The van der Waals surface area contributed by atoms with E-state index in [9.17, 15) is 9.90 Å². The molecule has 0 aliphatic carbocycles. The summed E-state index contributed by atoms with van der Waals surface area (Å²) in [6.07, 6.45) is 3.49. The average molecular weight is 232 g/mol. The molecule has 0 atom stereocenters. The highest BCUT2D eigenvalue weighted by Crippen LogP contribution is 2.06. The summed E-state index contributed by atoms with van der Waals surface area (Å²) < 4.78 is 1.61. The molecule has 0 fully saturated rings. The maximum atomic E-state index is 11.1. The Kier molecular flexibility index (Phi) is 2.78. The first-order valence-electron chi connectivity index (χ1n) is 5.03. The Morgan fingerprint density at radius 3 is 2.53 bits per heavy atom. The van der Waals surface area contributed by atoms with E-state index in [0.29, 0.717) is 5.82 Å². The minimum Gasteiger partial charge on any atom is -0.826 e. The number of hydrogen-bond acceptors (Lipinski definition) is 4. The number of H-pyrrole nitrogens is 1. The second-order valence-corrected chi connectivity index (χ2v) is 3.77. The molecule has 2 aromatic heterocycles. The minimum atomic E-state index is -0.642. The molecule has 0 bridgehead atoms. The molecule has 0 saturated carbocycles. The molecule has 0 spiro atoms. The quantitative estimate of drug-likeness (QED) is 0.687. The molecule has 6 nitrogen and oxygen atoms in total. The van der Waals surface area contributed by atoms with Gasteiger partial charge in [-0.15, -0.1) is 0 Å². The van der Waals surface area contributed by atoms with Crippen LogP contribution in [0.1, 0.15) is 0 Å². The summed E-state index contributed by atoms with van der Waals surface area (Å²) in [5.41, 5.74) is 0.567. The van der Waals surface area contributed by atoms with Crippen molar-refractivity contribution < 1.29 is 9.67 Å². The third-order valence-electron chi connectivity index (χ3n) is 2.30. The number of nitrogens with zero attached hydrogens (tertiary/aromatic N) is 3. The standard InChI is InChI=1S/C11H12N4O2/c1-14(2)8-3-5-15(6-4-8)9-7-10(16)13-11(17)12-9/h3-7H,1-2H3,(H-,12,13,16,17). The molecule has 1 N–H and O–H groups in total. The van der Waals surface area contributed by atoms with Crippen molar-refractivity contribution in [2.75, 3.05) is 19.0 Å². The number of hydrogen-bond donors (Lipinski definition) is 1. The summed E-state index contributed by atoms with van der Waals surface area (Å²) >= 11 is 0. The third-order valence-corrected chi connectivity index (χ3v) is 2.30. The van der Waals surface area contributed by atoms with Crippen LogP contribution >= 0.6 is 0 Å². The van der Waals surface area contributed by atoms with Gasteiger partial charge in [-0.1, -0.05) is 0 Å². The van der Waals surface area contributed by atoms with Gasteiger partial charge < -0.3 is 10.0 Å². The SMILES string of the molecule is CN(C)c1cc[n+](-c2cc(=O)[nH]c([O-])n2)cc1. The third kappa shape index (κ3) is 2.41. The lowest BCUT2D eigenvalue weighted by atomic mass is 10.4. The van der Waals surface area contributed by atoms with Crippen LogP contribution in [0.25, 0.3) is 5.82 Å². The Labute approximate surface area is 97.8 Å². The molecular formula is C11H12N4O2. The summed E-state index contributed by atoms with van der Waals surface area (Å²) in [4.78, 5) is 18.9. The molecule has 0 aromatic carbocycles. The normalized spacial score (nSPS) is 10.2. The molecule has 0 amide bonds. The van der Waals surface area contributed by atoms with Gasteiger partial charge in [-0.25, -0.2) is 4.57 Å². The van der Waals surface area contributed by atoms with E-state index in [1.807, 2.05) is 31.1 Å². The zero-order valence-electron chi connectivity index (χ0n) is 9.54. The van der Waals surface area contributed by atoms with E-state index in [2.05, 4.69) is 9.97 Å². The monoisotopic (exact) mass is 232 g/mol. The Morgan fingerprint density at radius 2 is 2.00 bits per heavy atom. The minimum absolute atomic E-state index is 0.309. The number of anilines is 1. The Bertz CT molecular complexity index is 575. The van der Waals surface area contributed by atoms with Crippen LogP contribution in [-0.2, 0) is 0 Å². The highest BCUT2D eigenvalue weighted by atomic mass is 16.3. The van der Waals surface area contributed by atoms with Crippen molar-refractivity contribution in [1.82, 2.24) is 9.97 Å². The second kappa shape index (κ2) is 4.25. The first kappa shape index (κ1) is 11.1. The summed E-state index contributed by atoms with van der Waals surface area (Å²) in [5.74, 6) is 0.309. The molecule has 0 radical (unpaired) electrons. The molecular weight excluding hydrogens is 220 g/mol. The molecule has 2 aromatic rings. The zero-order chi connectivity index (χ0) is 12.4. The van der Waals surface area contributed by atoms with Crippen molar-refractivity contribution in [2.24, 2.45) is 0 Å². The van der Waals surface area contributed by atoms with Crippen molar-refractivity contribution in [3.8, 4) is 11.8 Å². The van der Waals surface area contributed by atoms with Gasteiger partial charge in [0.2, 0.25) is 0 Å². The van der Waals surface area contributed by atoms with Gasteiger partial charge in [0, 0.05) is 31.9 Å². The second-order valence-electron chi connectivity index (χ2n) is 3.77. The maximum Gasteiger partial charge on any atom is 0.334 e. The van der Waals surface area contributed by atoms with E-state index < -0.39 is 11.6 Å². The van der Waals surface area contributed by atoms with Gasteiger partial charge >= 0.3 is 5.82 Å². The predicted molar refractivity (Wildman–Crippen MR) is 60.2 cm³/mol. The van der Waals surface area contributed by atoms with Gasteiger partial charge in [-0.2, -0.15) is 0 Å². The predicted octanol–water partition coefficient (Wildman–Crippen LogP) is -0.814. The summed E-state index contributed by atoms with van der Waals surface area (Å²) in [6, 6.07) is 4.37. The lowest BCUT2D eigenvalue weighted by Crippen LogP contribution is -2.33. The highest BCUT2D eigenvalue weighted by Gasteiger charge is 2.08. The Balaban J connectivity index is 2.43. The van der Waals surface area contributed by atoms with E-state index >= 15 is 0 Å². The van der Waals surface area contributed by atoms with E-state index in [1.54, 1.807) is 17.0 Å². The number of pyridine rings is 1. The number of rotatable bonds is 2. The number of nitrogens with one attached hydrogen (secondary N) is 1. The fourth-order valence-electron chi connectivity index (χ4n) is 1.42. The summed E-state index contributed by atoms with van der Waals surface area (Å²) in [6.45, 7) is 0. The smallest absolute Gasteiger partial charge is 0.334 e. The lowest BCUT2D eigenvalue weighted by Gasteiger charge is -2.11. The largest absolute Gasteiger partial charge is 0.826 e. The molecule has 17 heavy (non-hydrogen) atoms. The Morgan fingerprint density at radius 1 is 1.35 bits per heavy atom. The average Bonchev–Trinajstić information content (AvgIpc) is 2.28. The van der Waals surface area contributed by atoms with Gasteiger partial charge in [0.1, 0.15) is 0 Å². The van der Waals surface area contributed by atoms with Gasteiger partial charge in [0.15, 0.2) is 6.01 Å².